The number of rotatable bonds is 1. The molecule has 12 heavy (non-hydrogen) atoms. The van der Waals surface area contributed by atoms with Crippen LogP contribution in [0.1, 0.15) is 17.7 Å². The van der Waals surface area contributed by atoms with Crippen LogP contribution in [0, 0.1) is 16.4 Å². The monoisotopic (exact) mass is 287 g/mol. The van der Waals surface area contributed by atoms with Gasteiger partial charge in [0.25, 0.3) is 6.43 Å². The fourth-order valence-corrected chi connectivity index (χ4v) is 1.30. The Balaban J connectivity index is 3.28. The maximum atomic E-state index is 12.5. The Labute approximate surface area is 81.1 Å². The predicted molar refractivity (Wildman–Crippen MR) is 46.6 cm³/mol. The first-order chi connectivity index (χ1) is 5.52. The zero-order valence-electron chi connectivity index (χ0n) is 6.11. The fraction of sp³-hybridized carbons (Fsp3) is 0.286. The van der Waals surface area contributed by atoms with Crippen molar-refractivity contribution >= 4 is 22.6 Å². The number of aromatic nitrogens is 1. The van der Waals surface area contributed by atoms with Crippen molar-refractivity contribution in [3.05, 3.63) is 26.8 Å². The lowest BCUT2D eigenvalue weighted by molar-refractivity contribution is 0.143. The molecule has 0 atom stereocenters. The molecule has 0 spiro atoms. The van der Waals surface area contributed by atoms with E-state index in [1.807, 2.05) is 0 Å². The molecule has 0 unspecified atom stereocenters. The summed E-state index contributed by atoms with van der Waals surface area (Å²) >= 11 is 1.73. The van der Waals surface area contributed by atoms with Crippen molar-refractivity contribution in [3.63, 3.8) is 0 Å². The lowest BCUT2D eigenvalue weighted by Gasteiger charge is -2.04. The first-order valence-corrected chi connectivity index (χ1v) is 4.21. The highest BCUT2D eigenvalue weighted by molar-refractivity contribution is 14.1. The van der Waals surface area contributed by atoms with Crippen LogP contribution in [0.3, 0.4) is 0 Å². The highest BCUT2D eigenvalue weighted by Crippen LogP contribution is 2.24. The van der Waals surface area contributed by atoms with Crippen LogP contribution in [0.15, 0.2) is 6.07 Å². The van der Waals surface area contributed by atoms with Gasteiger partial charge in [-0.25, -0.2) is 13.8 Å². The van der Waals surface area contributed by atoms with Gasteiger partial charge in [0, 0.05) is 3.57 Å². The van der Waals surface area contributed by atoms with E-state index >= 15 is 0 Å². The van der Waals surface area contributed by atoms with Gasteiger partial charge in [-0.15, -0.1) is 0 Å². The molecular weight excluding hydrogens is 282 g/mol. The quantitative estimate of drug-likeness (QED) is 0.571. The molecule has 0 bridgehead atoms. The molecule has 0 radical (unpaired) electrons. The Hall–Kier alpha value is -0.330. The molecule has 1 aromatic rings. The van der Waals surface area contributed by atoms with Crippen LogP contribution in [0.25, 0.3) is 0 Å². The molecule has 5 heteroatoms. The van der Waals surface area contributed by atoms with Gasteiger partial charge in [-0.1, -0.05) is 0 Å². The molecule has 0 aliphatic heterocycles. The molecule has 0 aromatic carbocycles. The third-order valence-electron chi connectivity index (χ3n) is 1.34. The standard InChI is InChI=1S/C7H5F3IN/c1-3-2-4(8)12-6(5(3)11)7(9)10/h2,7H,1H3. The third kappa shape index (κ3) is 1.88. The number of alkyl halides is 2. The summed E-state index contributed by atoms with van der Waals surface area (Å²) in [5.74, 6) is -0.858. The van der Waals surface area contributed by atoms with Crippen LogP contribution in [0.4, 0.5) is 13.2 Å². The van der Waals surface area contributed by atoms with Crippen molar-refractivity contribution < 1.29 is 13.2 Å². The Morgan fingerprint density at radius 3 is 2.58 bits per heavy atom. The average Bonchev–Trinajstić information content (AvgIpc) is 1.96. The summed E-state index contributed by atoms with van der Waals surface area (Å²) in [5.41, 5.74) is 0.00602. The minimum absolute atomic E-state index is 0.323. The topological polar surface area (TPSA) is 12.9 Å². The molecule has 0 aliphatic rings. The number of pyridine rings is 1. The molecule has 0 saturated carbocycles. The summed E-state index contributed by atoms with van der Waals surface area (Å²) < 4.78 is 37.2. The van der Waals surface area contributed by atoms with Gasteiger partial charge in [-0.2, -0.15) is 4.39 Å². The second-order valence-electron chi connectivity index (χ2n) is 2.26. The van der Waals surface area contributed by atoms with E-state index in [9.17, 15) is 13.2 Å². The SMILES string of the molecule is Cc1cc(F)nc(C(F)F)c1I. The first-order valence-electron chi connectivity index (χ1n) is 3.13. The van der Waals surface area contributed by atoms with Crippen molar-refractivity contribution in [1.82, 2.24) is 4.98 Å². The van der Waals surface area contributed by atoms with E-state index < -0.39 is 18.1 Å². The van der Waals surface area contributed by atoms with Gasteiger partial charge in [-0.05, 0) is 41.1 Å². The molecular formula is C7H5F3IN. The van der Waals surface area contributed by atoms with Crippen LogP contribution in [0.5, 0.6) is 0 Å². The molecule has 1 aromatic heterocycles. The van der Waals surface area contributed by atoms with E-state index in [0.717, 1.165) is 6.07 Å². The molecule has 0 N–H and O–H groups in total. The van der Waals surface area contributed by atoms with Gasteiger partial charge in [0.2, 0.25) is 5.95 Å². The van der Waals surface area contributed by atoms with Crippen LogP contribution in [-0.4, -0.2) is 4.98 Å². The Morgan fingerprint density at radius 1 is 1.50 bits per heavy atom. The van der Waals surface area contributed by atoms with E-state index in [0.29, 0.717) is 9.13 Å². The number of hydrogen-bond donors (Lipinski definition) is 0. The highest BCUT2D eigenvalue weighted by atomic mass is 127. The number of nitrogens with zero attached hydrogens (tertiary/aromatic N) is 1. The molecule has 0 saturated heterocycles. The van der Waals surface area contributed by atoms with E-state index in [4.69, 9.17) is 0 Å². The average molecular weight is 287 g/mol. The normalized spacial score (nSPS) is 10.8. The number of halogens is 4. The minimum atomic E-state index is -2.72. The van der Waals surface area contributed by atoms with Crippen molar-refractivity contribution in [3.8, 4) is 0 Å². The van der Waals surface area contributed by atoms with Gasteiger partial charge in [0.15, 0.2) is 0 Å². The summed E-state index contributed by atoms with van der Waals surface area (Å²) in [7, 11) is 0. The predicted octanol–water partition coefficient (Wildman–Crippen LogP) is 3.07. The first kappa shape index (κ1) is 9.76. The molecule has 0 fully saturated rings. The maximum Gasteiger partial charge on any atom is 0.281 e. The van der Waals surface area contributed by atoms with Crippen molar-refractivity contribution in [2.45, 2.75) is 13.3 Å². The Bertz CT molecular complexity index is 301. The van der Waals surface area contributed by atoms with Crippen LogP contribution < -0.4 is 0 Å². The maximum absolute atomic E-state index is 12.5. The minimum Gasteiger partial charge on any atom is -0.218 e. The third-order valence-corrected chi connectivity index (χ3v) is 2.74. The molecule has 1 rings (SSSR count). The molecule has 66 valence electrons. The molecule has 0 amide bonds. The van der Waals surface area contributed by atoms with E-state index in [1.54, 1.807) is 29.5 Å². The molecule has 0 aliphatic carbocycles. The lowest BCUT2D eigenvalue weighted by atomic mass is 10.2. The number of aryl methyl sites for hydroxylation is 1. The van der Waals surface area contributed by atoms with E-state index in [-0.39, 0.29) is 0 Å². The van der Waals surface area contributed by atoms with Gasteiger partial charge in [-0.3, -0.25) is 0 Å². The van der Waals surface area contributed by atoms with Crippen LogP contribution >= 0.6 is 22.6 Å². The number of hydrogen-bond acceptors (Lipinski definition) is 1. The van der Waals surface area contributed by atoms with Crippen LogP contribution in [-0.2, 0) is 0 Å². The summed E-state index contributed by atoms with van der Waals surface area (Å²) in [4.78, 5) is 3.11. The zero-order chi connectivity index (χ0) is 9.30. The van der Waals surface area contributed by atoms with Crippen molar-refractivity contribution in [2.24, 2.45) is 0 Å². The molecule has 1 nitrogen and oxygen atoms in total. The smallest absolute Gasteiger partial charge is 0.218 e. The van der Waals surface area contributed by atoms with Gasteiger partial charge in [0.1, 0.15) is 5.69 Å². The lowest BCUT2D eigenvalue weighted by Crippen LogP contribution is -1.99. The van der Waals surface area contributed by atoms with Gasteiger partial charge in [0.05, 0.1) is 0 Å². The second-order valence-corrected chi connectivity index (χ2v) is 3.34. The van der Waals surface area contributed by atoms with Gasteiger partial charge < -0.3 is 0 Å². The summed E-state index contributed by atoms with van der Waals surface area (Å²) in [5, 5.41) is 0. The fourth-order valence-electron chi connectivity index (χ4n) is 0.785. The Kier molecular flexibility index (Phi) is 2.92. The summed E-state index contributed by atoms with van der Waals surface area (Å²) in [6, 6.07) is 1.13. The Morgan fingerprint density at radius 2 is 2.08 bits per heavy atom. The molecule has 1 heterocycles. The zero-order valence-corrected chi connectivity index (χ0v) is 8.27. The summed E-state index contributed by atoms with van der Waals surface area (Å²) in [6.07, 6.45) is -2.72. The van der Waals surface area contributed by atoms with E-state index in [2.05, 4.69) is 4.98 Å². The van der Waals surface area contributed by atoms with Crippen LogP contribution in [0.2, 0.25) is 0 Å². The van der Waals surface area contributed by atoms with E-state index in [1.165, 1.54) is 0 Å². The highest BCUT2D eigenvalue weighted by Gasteiger charge is 2.16. The van der Waals surface area contributed by atoms with Crippen molar-refractivity contribution in [1.29, 1.82) is 0 Å². The second kappa shape index (κ2) is 3.59. The summed E-state index contributed by atoms with van der Waals surface area (Å²) in [6.45, 7) is 1.57. The van der Waals surface area contributed by atoms with Gasteiger partial charge >= 0.3 is 0 Å². The van der Waals surface area contributed by atoms with Crippen molar-refractivity contribution in [2.75, 3.05) is 0 Å². The largest absolute Gasteiger partial charge is 0.281 e.